The van der Waals surface area contributed by atoms with Crippen LogP contribution in [0.2, 0.25) is 0 Å². The molecule has 0 unspecified atom stereocenters. The summed E-state index contributed by atoms with van der Waals surface area (Å²) < 4.78 is 4.41. The van der Waals surface area contributed by atoms with E-state index in [4.69, 9.17) is 5.26 Å². The Hall–Kier alpha value is -1.87. The average Bonchev–Trinajstić information content (AvgIpc) is 2.47. The molecule has 2 aromatic rings. The van der Waals surface area contributed by atoms with Crippen LogP contribution in [0.4, 0.5) is 11.4 Å². The van der Waals surface area contributed by atoms with Crippen LogP contribution in [0.25, 0.3) is 10.8 Å². The minimum atomic E-state index is -0.0258. The minimum Gasteiger partial charge on any atom is -0.505 e. The van der Waals surface area contributed by atoms with Crippen molar-refractivity contribution in [1.29, 1.82) is 0 Å². The molecule has 8 heteroatoms. The van der Waals surface area contributed by atoms with Crippen LogP contribution in [0, 0.1) is 0 Å². The molecule has 106 valence electrons. The topological polar surface area (TPSA) is 95.7 Å². The third kappa shape index (κ3) is 2.68. The highest BCUT2D eigenvalue weighted by Crippen LogP contribution is 2.45. The van der Waals surface area contributed by atoms with Crippen molar-refractivity contribution in [2.75, 3.05) is 19.4 Å². The molecule has 2 aromatic carbocycles. The standard InChI is InChI=1S/C12H13N3O4S/c1-13-8-5-3-4-7-6-9(20-19-18-17)11(15-14-2)12(16)10(7)8/h3-6,13,16-17H,1-2H3. The van der Waals surface area contributed by atoms with Gasteiger partial charge in [0.2, 0.25) is 0 Å². The van der Waals surface area contributed by atoms with Crippen LogP contribution in [0.3, 0.4) is 0 Å². The number of fused-ring (bicyclic) bond motifs is 1. The van der Waals surface area contributed by atoms with E-state index in [0.717, 1.165) is 23.1 Å². The summed E-state index contributed by atoms with van der Waals surface area (Å²) >= 11 is 0.723. The van der Waals surface area contributed by atoms with Crippen molar-refractivity contribution in [2.45, 2.75) is 4.90 Å². The van der Waals surface area contributed by atoms with Gasteiger partial charge in [0.15, 0.2) is 5.75 Å². The van der Waals surface area contributed by atoms with Gasteiger partial charge in [-0.1, -0.05) is 17.2 Å². The van der Waals surface area contributed by atoms with Crippen LogP contribution in [0.15, 0.2) is 39.4 Å². The van der Waals surface area contributed by atoms with Crippen molar-refractivity contribution < 1.29 is 19.7 Å². The first-order chi connectivity index (χ1) is 9.72. The normalized spacial score (nSPS) is 11.3. The summed E-state index contributed by atoms with van der Waals surface area (Å²) in [6, 6.07) is 7.29. The molecule has 0 radical (unpaired) electrons. The molecule has 2 rings (SSSR count). The van der Waals surface area contributed by atoms with Gasteiger partial charge in [-0.2, -0.15) is 10.2 Å². The average molecular weight is 295 g/mol. The molecule has 0 amide bonds. The molecule has 0 aliphatic heterocycles. The monoisotopic (exact) mass is 295 g/mol. The first-order valence-corrected chi connectivity index (χ1v) is 6.38. The third-order valence-corrected chi connectivity index (χ3v) is 3.32. The lowest BCUT2D eigenvalue weighted by atomic mass is 10.1. The van der Waals surface area contributed by atoms with E-state index in [-0.39, 0.29) is 11.4 Å². The van der Waals surface area contributed by atoms with Crippen molar-refractivity contribution in [3.05, 3.63) is 24.3 Å². The molecule has 3 N–H and O–H groups in total. The number of anilines is 1. The van der Waals surface area contributed by atoms with Crippen molar-refractivity contribution in [2.24, 2.45) is 10.2 Å². The number of rotatable bonds is 5. The molecule has 0 fully saturated rings. The molecule has 0 bridgehead atoms. The number of nitrogens with one attached hydrogen (secondary N) is 1. The Balaban J connectivity index is 2.71. The summed E-state index contributed by atoms with van der Waals surface area (Å²) in [6.07, 6.45) is 0. The molecular formula is C12H13N3O4S. The van der Waals surface area contributed by atoms with Crippen molar-refractivity contribution in [3.8, 4) is 5.75 Å². The van der Waals surface area contributed by atoms with Gasteiger partial charge in [-0.15, -0.1) is 4.33 Å². The van der Waals surface area contributed by atoms with Crippen LogP contribution in [0.1, 0.15) is 0 Å². The van der Waals surface area contributed by atoms with Gasteiger partial charge in [0, 0.05) is 25.2 Å². The van der Waals surface area contributed by atoms with E-state index in [1.807, 2.05) is 18.2 Å². The molecule has 0 aromatic heterocycles. The number of hydrogen-bond acceptors (Lipinski definition) is 8. The lowest BCUT2D eigenvalue weighted by Crippen LogP contribution is -1.90. The van der Waals surface area contributed by atoms with E-state index in [9.17, 15) is 5.11 Å². The van der Waals surface area contributed by atoms with E-state index in [1.54, 1.807) is 13.1 Å². The summed E-state index contributed by atoms with van der Waals surface area (Å²) in [6.45, 7) is 0. The largest absolute Gasteiger partial charge is 0.505 e. The Morgan fingerprint density at radius 3 is 2.80 bits per heavy atom. The fraction of sp³-hybridized carbons (Fsp3) is 0.167. The fourth-order valence-electron chi connectivity index (χ4n) is 1.92. The Morgan fingerprint density at radius 1 is 1.35 bits per heavy atom. The first kappa shape index (κ1) is 14.5. The fourth-order valence-corrected chi connectivity index (χ4v) is 2.42. The van der Waals surface area contributed by atoms with Gasteiger partial charge in [-0.05, 0) is 17.5 Å². The smallest absolute Gasteiger partial charge is 0.154 e. The Morgan fingerprint density at radius 2 is 2.15 bits per heavy atom. The highest BCUT2D eigenvalue weighted by Gasteiger charge is 2.16. The third-order valence-electron chi connectivity index (χ3n) is 2.70. The molecule has 0 atom stereocenters. The van der Waals surface area contributed by atoms with Gasteiger partial charge in [0.1, 0.15) is 5.69 Å². The zero-order chi connectivity index (χ0) is 14.5. The van der Waals surface area contributed by atoms with Crippen molar-refractivity contribution in [1.82, 2.24) is 0 Å². The van der Waals surface area contributed by atoms with Gasteiger partial charge in [-0.3, -0.25) is 0 Å². The number of nitrogens with zero attached hydrogens (tertiary/aromatic N) is 2. The molecule has 0 saturated heterocycles. The molecule has 0 aliphatic carbocycles. The van der Waals surface area contributed by atoms with Crippen LogP contribution < -0.4 is 5.32 Å². The predicted octanol–water partition coefficient (Wildman–Crippen LogP) is 3.73. The molecular weight excluding hydrogens is 282 g/mol. The molecule has 0 heterocycles. The molecule has 0 aliphatic rings. The molecule has 0 spiro atoms. The maximum atomic E-state index is 10.4. The lowest BCUT2D eigenvalue weighted by molar-refractivity contribution is -0.432. The summed E-state index contributed by atoms with van der Waals surface area (Å²) in [5.74, 6) is -0.0258. The summed E-state index contributed by atoms with van der Waals surface area (Å²) in [4.78, 5) is 0.461. The number of azo groups is 1. The number of benzene rings is 2. The summed E-state index contributed by atoms with van der Waals surface area (Å²) in [7, 11) is 3.26. The second kappa shape index (κ2) is 6.53. The van der Waals surface area contributed by atoms with E-state index in [1.165, 1.54) is 7.05 Å². The zero-order valence-corrected chi connectivity index (χ0v) is 11.6. The van der Waals surface area contributed by atoms with Crippen LogP contribution in [-0.2, 0) is 9.37 Å². The number of phenolic OH excluding ortho intramolecular Hbond substituents is 1. The second-order valence-corrected chi connectivity index (χ2v) is 4.49. The maximum Gasteiger partial charge on any atom is 0.154 e. The van der Waals surface area contributed by atoms with Crippen molar-refractivity contribution >= 4 is 34.2 Å². The van der Waals surface area contributed by atoms with E-state index in [0.29, 0.717) is 10.3 Å². The van der Waals surface area contributed by atoms with Gasteiger partial charge < -0.3 is 10.4 Å². The Bertz CT molecular complexity index is 648. The van der Waals surface area contributed by atoms with E-state index >= 15 is 0 Å². The number of phenols is 1. The molecule has 0 saturated carbocycles. The van der Waals surface area contributed by atoms with Crippen LogP contribution >= 0.6 is 12.0 Å². The van der Waals surface area contributed by atoms with Gasteiger partial charge in [0.05, 0.1) is 16.9 Å². The van der Waals surface area contributed by atoms with E-state index < -0.39 is 0 Å². The Labute approximate surface area is 119 Å². The summed E-state index contributed by atoms with van der Waals surface area (Å²) in [5, 5.41) is 34.2. The van der Waals surface area contributed by atoms with Crippen molar-refractivity contribution in [3.63, 3.8) is 0 Å². The van der Waals surface area contributed by atoms with Crippen LogP contribution in [-0.4, -0.2) is 24.5 Å². The number of hydrogen-bond donors (Lipinski definition) is 3. The highest BCUT2D eigenvalue weighted by molar-refractivity contribution is 7.94. The van der Waals surface area contributed by atoms with Gasteiger partial charge >= 0.3 is 0 Å². The predicted molar refractivity (Wildman–Crippen MR) is 76.3 cm³/mol. The van der Waals surface area contributed by atoms with Crippen LogP contribution in [0.5, 0.6) is 5.75 Å². The number of aromatic hydroxyl groups is 1. The first-order valence-electron chi connectivity index (χ1n) is 5.64. The van der Waals surface area contributed by atoms with Gasteiger partial charge in [0.25, 0.3) is 0 Å². The second-order valence-electron chi connectivity index (χ2n) is 3.75. The minimum absolute atomic E-state index is 0.0258. The van der Waals surface area contributed by atoms with Gasteiger partial charge in [-0.25, -0.2) is 5.26 Å². The SMILES string of the molecule is CN=Nc1c(SOOO)cc2cccc(NC)c2c1O. The lowest BCUT2D eigenvalue weighted by Gasteiger charge is -2.12. The highest BCUT2D eigenvalue weighted by atomic mass is 32.2. The van der Waals surface area contributed by atoms with E-state index in [2.05, 4.69) is 24.9 Å². The maximum absolute atomic E-state index is 10.4. The quantitative estimate of drug-likeness (QED) is 0.337. The molecule has 20 heavy (non-hydrogen) atoms. The molecule has 7 nitrogen and oxygen atoms in total. The summed E-state index contributed by atoms with van der Waals surface area (Å²) in [5.41, 5.74) is 1.01. The zero-order valence-electron chi connectivity index (χ0n) is 10.8. The Kier molecular flexibility index (Phi) is 4.74.